The monoisotopic (exact) mass is 295 g/mol. The second-order valence-corrected chi connectivity index (χ2v) is 5.53. The molecule has 1 aliphatic heterocycles. The standard InChI is InChI=1S/C15H22ClN3O/c1-3-19-8-6-11(7-9-19)18-12-4-5-14(16)13(10-12)15(20)17-2/h4-5,10-11,18H,3,6-9H2,1-2H3,(H,17,20). The molecule has 0 saturated carbocycles. The average Bonchev–Trinajstić information content (AvgIpc) is 2.49. The van der Waals surface area contributed by atoms with E-state index in [1.807, 2.05) is 12.1 Å². The van der Waals surface area contributed by atoms with Gasteiger partial charge in [-0.05, 0) is 37.6 Å². The number of nitrogens with zero attached hydrogens (tertiary/aromatic N) is 1. The van der Waals surface area contributed by atoms with Crippen LogP contribution >= 0.6 is 11.6 Å². The third kappa shape index (κ3) is 3.64. The van der Waals surface area contributed by atoms with Crippen molar-refractivity contribution < 1.29 is 4.79 Å². The zero-order valence-corrected chi connectivity index (χ0v) is 12.8. The van der Waals surface area contributed by atoms with Gasteiger partial charge in [-0.15, -0.1) is 0 Å². The van der Waals surface area contributed by atoms with E-state index in [1.54, 1.807) is 13.1 Å². The molecule has 1 amide bonds. The van der Waals surface area contributed by atoms with Gasteiger partial charge in [-0.3, -0.25) is 4.79 Å². The van der Waals surface area contributed by atoms with Crippen LogP contribution in [0.3, 0.4) is 0 Å². The van der Waals surface area contributed by atoms with E-state index < -0.39 is 0 Å². The van der Waals surface area contributed by atoms with Crippen LogP contribution in [0.1, 0.15) is 30.1 Å². The van der Waals surface area contributed by atoms with E-state index in [-0.39, 0.29) is 5.91 Å². The molecule has 1 aromatic rings. The van der Waals surface area contributed by atoms with Gasteiger partial charge in [-0.2, -0.15) is 0 Å². The third-order valence-electron chi connectivity index (χ3n) is 3.84. The summed E-state index contributed by atoms with van der Waals surface area (Å²) in [6.45, 7) is 5.57. The fourth-order valence-corrected chi connectivity index (χ4v) is 2.76. The number of carbonyl (C=O) groups is 1. The van der Waals surface area contributed by atoms with Crippen LogP contribution in [0.5, 0.6) is 0 Å². The first-order valence-corrected chi connectivity index (χ1v) is 7.52. The van der Waals surface area contributed by atoms with Crippen molar-refractivity contribution in [1.29, 1.82) is 0 Å². The van der Waals surface area contributed by atoms with E-state index in [9.17, 15) is 4.79 Å². The SMILES string of the molecule is CCN1CCC(Nc2ccc(Cl)c(C(=O)NC)c2)CC1. The molecule has 0 spiro atoms. The average molecular weight is 296 g/mol. The molecule has 0 aliphatic carbocycles. The Morgan fingerprint density at radius 1 is 1.40 bits per heavy atom. The van der Waals surface area contributed by atoms with Crippen molar-refractivity contribution in [3.63, 3.8) is 0 Å². The second kappa shape index (κ2) is 6.95. The van der Waals surface area contributed by atoms with Gasteiger partial charge >= 0.3 is 0 Å². The molecule has 1 aromatic carbocycles. The first kappa shape index (κ1) is 15.1. The maximum atomic E-state index is 11.7. The van der Waals surface area contributed by atoms with Crippen molar-refractivity contribution in [3.8, 4) is 0 Å². The number of hydrogen-bond acceptors (Lipinski definition) is 3. The van der Waals surface area contributed by atoms with Crippen molar-refractivity contribution >= 4 is 23.2 Å². The Bertz CT molecular complexity index is 470. The lowest BCUT2D eigenvalue weighted by Crippen LogP contribution is -2.38. The summed E-state index contributed by atoms with van der Waals surface area (Å²) in [4.78, 5) is 14.2. The Balaban J connectivity index is 2.01. The molecule has 4 nitrogen and oxygen atoms in total. The topological polar surface area (TPSA) is 44.4 Å². The first-order chi connectivity index (χ1) is 9.63. The Labute approximate surface area is 125 Å². The van der Waals surface area contributed by atoms with Crippen LogP contribution in [0, 0.1) is 0 Å². The molecule has 1 fully saturated rings. The molecule has 0 radical (unpaired) electrons. The number of anilines is 1. The Morgan fingerprint density at radius 2 is 2.10 bits per heavy atom. The van der Waals surface area contributed by atoms with Crippen molar-refractivity contribution in [1.82, 2.24) is 10.2 Å². The van der Waals surface area contributed by atoms with Crippen LogP contribution in [0.4, 0.5) is 5.69 Å². The Kier molecular flexibility index (Phi) is 5.26. The normalized spacial score (nSPS) is 16.9. The van der Waals surface area contributed by atoms with Gasteiger partial charge in [0, 0.05) is 31.9 Å². The summed E-state index contributed by atoms with van der Waals surface area (Å²) in [7, 11) is 1.61. The number of nitrogens with one attached hydrogen (secondary N) is 2. The fourth-order valence-electron chi connectivity index (χ4n) is 2.55. The maximum Gasteiger partial charge on any atom is 0.252 e. The van der Waals surface area contributed by atoms with E-state index in [1.165, 1.54) is 0 Å². The van der Waals surface area contributed by atoms with Gasteiger partial charge in [0.05, 0.1) is 10.6 Å². The molecule has 0 aromatic heterocycles. The lowest BCUT2D eigenvalue weighted by Gasteiger charge is -2.32. The van der Waals surface area contributed by atoms with E-state index in [0.717, 1.165) is 38.2 Å². The van der Waals surface area contributed by atoms with Crippen molar-refractivity contribution in [2.24, 2.45) is 0 Å². The molecule has 0 bridgehead atoms. The number of benzene rings is 1. The number of likely N-dealkylation sites (tertiary alicyclic amines) is 1. The summed E-state index contributed by atoms with van der Waals surface area (Å²) in [5.41, 5.74) is 1.48. The predicted molar refractivity (Wildman–Crippen MR) is 83.6 cm³/mol. The highest BCUT2D eigenvalue weighted by Crippen LogP contribution is 2.23. The Morgan fingerprint density at radius 3 is 2.70 bits per heavy atom. The molecule has 20 heavy (non-hydrogen) atoms. The van der Waals surface area contributed by atoms with Gasteiger partial charge in [0.1, 0.15) is 0 Å². The largest absolute Gasteiger partial charge is 0.382 e. The minimum atomic E-state index is -0.153. The van der Waals surface area contributed by atoms with E-state index in [4.69, 9.17) is 11.6 Å². The molecule has 1 heterocycles. The van der Waals surface area contributed by atoms with Gasteiger partial charge in [0.2, 0.25) is 0 Å². The summed E-state index contributed by atoms with van der Waals surface area (Å²) in [6, 6.07) is 6.00. The number of halogens is 1. The molecular weight excluding hydrogens is 274 g/mol. The number of carbonyl (C=O) groups excluding carboxylic acids is 1. The molecule has 110 valence electrons. The van der Waals surface area contributed by atoms with E-state index >= 15 is 0 Å². The van der Waals surface area contributed by atoms with Gasteiger partial charge in [-0.25, -0.2) is 0 Å². The lowest BCUT2D eigenvalue weighted by molar-refractivity contribution is 0.0963. The van der Waals surface area contributed by atoms with Crippen LogP contribution in [0.25, 0.3) is 0 Å². The summed E-state index contributed by atoms with van der Waals surface area (Å²) in [6.07, 6.45) is 2.26. The number of piperidine rings is 1. The lowest BCUT2D eigenvalue weighted by atomic mass is 10.0. The van der Waals surface area contributed by atoms with Gasteiger partial charge < -0.3 is 15.5 Å². The highest BCUT2D eigenvalue weighted by molar-refractivity contribution is 6.34. The summed E-state index contributed by atoms with van der Waals surface area (Å²) < 4.78 is 0. The Hall–Kier alpha value is -1.26. The van der Waals surface area contributed by atoms with Crippen LogP contribution in [-0.2, 0) is 0 Å². The van der Waals surface area contributed by atoms with Crippen LogP contribution in [-0.4, -0.2) is 43.5 Å². The summed E-state index contributed by atoms with van der Waals surface area (Å²) in [5, 5.41) is 6.60. The molecular formula is C15H22ClN3O. The predicted octanol–water partition coefficient (Wildman–Crippen LogP) is 2.60. The number of hydrogen-bond donors (Lipinski definition) is 2. The summed E-state index contributed by atoms with van der Waals surface area (Å²) in [5.74, 6) is -0.153. The molecule has 0 unspecified atom stereocenters. The number of amides is 1. The van der Waals surface area contributed by atoms with Crippen LogP contribution in [0.2, 0.25) is 5.02 Å². The minimum absolute atomic E-state index is 0.153. The van der Waals surface area contributed by atoms with E-state index in [2.05, 4.69) is 22.5 Å². The molecule has 0 atom stereocenters. The zero-order chi connectivity index (χ0) is 14.5. The highest BCUT2D eigenvalue weighted by Gasteiger charge is 2.18. The third-order valence-corrected chi connectivity index (χ3v) is 4.17. The van der Waals surface area contributed by atoms with Crippen molar-refractivity contribution in [2.75, 3.05) is 32.0 Å². The summed E-state index contributed by atoms with van der Waals surface area (Å²) >= 11 is 6.06. The van der Waals surface area contributed by atoms with Gasteiger partial charge in [0.25, 0.3) is 5.91 Å². The maximum absolute atomic E-state index is 11.7. The quantitative estimate of drug-likeness (QED) is 0.897. The smallest absolute Gasteiger partial charge is 0.252 e. The molecule has 1 aliphatic rings. The van der Waals surface area contributed by atoms with Gasteiger partial charge in [0.15, 0.2) is 0 Å². The van der Waals surface area contributed by atoms with Gasteiger partial charge in [-0.1, -0.05) is 18.5 Å². The van der Waals surface area contributed by atoms with Crippen LogP contribution < -0.4 is 10.6 Å². The van der Waals surface area contributed by atoms with Crippen LogP contribution in [0.15, 0.2) is 18.2 Å². The zero-order valence-electron chi connectivity index (χ0n) is 12.1. The first-order valence-electron chi connectivity index (χ1n) is 7.14. The molecule has 2 rings (SSSR count). The highest BCUT2D eigenvalue weighted by atomic mass is 35.5. The van der Waals surface area contributed by atoms with Crippen molar-refractivity contribution in [2.45, 2.75) is 25.8 Å². The van der Waals surface area contributed by atoms with E-state index in [0.29, 0.717) is 16.6 Å². The molecule has 1 saturated heterocycles. The fraction of sp³-hybridized carbons (Fsp3) is 0.533. The second-order valence-electron chi connectivity index (χ2n) is 5.13. The van der Waals surface area contributed by atoms with Crippen molar-refractivity contribution in [3.05, 3.63) is 28.8 Å². The molecule has 2 N–H and O–H groups in total. The molecule has 5 heteroatoms. The number of rotatable bonds is 4. The minimum Gasteiger partial charge on any atom is -0.382 e.